The molecule has 1 aromatic heterocycles. The van der Waals surface area contributed by atoms with Gasteiger partial charge in [-0.1, -0.05) is 30.3 Å². The van der Waals surface area contributed by atoms with E-state index in [1.807, 2.05) is 30.3 Å². The van der Waals surface area contributed by atoms with Gasteiger partial charge in [0.1, 0.15) is 17.1 Å². The summed E-state index contributed by atoms with van der Waals surface area (Å²) in [7, 11) is 2.66. The van der Waals surface area contributed by atoms with E-state index in [-0.39, 0.29) is 23.3 Å². The zero-order chi connectivity index (χ0) is 19.9. The molecule has 0 saturated carbocycles. The van der Waals surface area contributed by atoms with Crippen LogP contribution in [0.15, 0.2) is 57.7 Å². The lowest BCUT2D eigenvalue weighted by Crippen LogP contribution is -2.50. The van der Waals surface area contributed by atoms with Crippen molar-refractivity contribution in [1.82, 2.24) is 0 Å². The molecule has 0 amide bonds. The Kier molecular flexibility index (Phi) is 4.31. The first kappa shape index (κ1) is 18.1. The largest absolute Gasteiger partial charge is 0.497 e. The summed E-state index contributed by atoms with van der Waals surface area (Å²) in [5, 5.41) is 11.4. The van der Waals surface area contributed by atoms with Crippen LogP contribution in [-0.2, 0) is 9.53 Å². The Balaban J connectivity index is 2.01. The van der Waals surface area contributed by atoms with E-state index in [2.05, 4.69) is 0 Å². The van der Waals surface area contributed by atoms with E-state index in [0.29, 0.717) is 11.1 Å². The maximum atomic E-state index is 12.8. The molecule has 7 heteroatoms. The van der Waals surface area contributed by atoms with Gasteiger partial charge in [0.15, 0.2) is 0 Å². The van der Waals surface area contributed by atoms with Crippen molar-refractivity contribution < 1.29 is 28.5 Å². The highest BCUT2D eigenvalue weighted by atomic mass is 16.7. The van der Waals surface area contributed by atoms with Crippen LogP contribution in [0.1, 0.15) is 23.5 Å². The van der Waals surface area contributed by atoms with Gasteiger partial charge >= 0.3 is 17.4 Å². The summed E-state index contributed by atoms with van der Waals surface area (Å²) in [6.07, 6.45) is -0.177. The number of aliphatic hydroxyl groups is 1. The monoisotopic (exact) mass is 382 g/mol. The predicted octanol–water partition coefficient (Wildman–Crippen LogP) is 2.58. The van der Waals surface area contributed by atoms with Crippen LogP contribution in [-0.4, -0.2) is 31.1 Å². The molecule has 28 heavy (non-hydrogen) atoms. The summed E-state index contributed by atoms with van der Waals surface area (Å²) in [4.78, 5) is 25.1. The van der Waals surface area contributed by atoms with Crippen LogP contribution in [0.5, 0.6) is 11.5 Å². The Morgan fingerprint density at radius 1 is 1.18 bits per heavy atom. The molecule has 1 aliphatic rings. The number of rotatable bonds is 3. The summed E-state index contributed by atoms with van der Waals surface area (Å²) >= 11 is 0. The minimum atomic E-state index is -2.23. The maximum absolute atomic E-state index is 12.8. The molecular formula is C21H18O7. The fraction of sp³-hybridized carbons (Fsp3) is 0.238. The highest BCUT2D eigenvalue weighted by molar-refractivity contribution is 5.88. The van der Waals surface area contributed by atoms with Gasteiger partial charge in [-0.2, -0.15) is 0 Å². The van der Waals surface area contributed by atoms with Crippen molar-refractivity contribution in [3.63, 3.8) is 0 Å². The zero-order valence-corrected chi connectivity index (χ0v) is 15.3. The number of hydrogen-bond donors (Lipinski definition) is 1. The Hall–Kier alpha value is -3.32. The normalized spacial score (nSPS) is 20.9. The van der Waals surface area contributed by atoms with E-state index in [1.165, 1.54) is 14.2 Å². The number of ether oxygens (including phenoxy) is 3. The van der Waals surface area contributed by atoms with Gasteiger partial charge in [0, 0.05) is 18.4 Å². The molecule has 0 radical (unpaired) electrons. The number of hydrogen-bond acceptors (Lipinski definition) is 7. The van der Waals surface area contributed by atoms with Crippen molar-refractivity contribution in [2.24, 2.45) is 0 Å². The van der Waals surface area contributed by atoms with E-state index < -0.39 is 23.3 Å². The summed E-state index contributed by atoms with van der Waals surface area (Å²) in [5.41, 5.74) is 0.618. The van der Waals surface area contributed by atoms with Crippen molar-refractivity contribution in [3.05, 3.63) is 70.1 Å². The Bertz CT molecular complexity index is 1100. The fourth-order valence-corrected chi connectivity index (χ4v) is 3.55. The summed E-state index contributed by atoms with van der Waals surface area (Å²) in [6.45, 7) is 0. The first-order valence-corrected chi connectivity index (χ1v) is 8.66. The molecule has 3 aromatic rings. The number of methoxy groups -OCH3 is 2. The topological polar surface area (TPSA) is 95.2 Å². The molecule has 1 aliphatic heterocycles. The first-order valence-electron chi connectivity index (χ1n) is 8.66. The van der Waals surface area contributed by atoms with Gasteiger partial charge in [-0.05, 0) is 17.7 Å². The number of esters is 1. The van der Waals surface area contributed by atoms with Crippen LogP contribution in [0.4, 0.5) is 0 Å². The average Bonchev–Trinajstić information content (AvgIpc) is 2.72. The minimum absolute atomic E-state index is 0.0990. The molecule has 7 nitrogen and oxygen atoms in total. The van der Waals surface area contributed by atoms with Gasteiger partial charge < -0.3 is 23.7 Å². The van der Waals surface area contributed by atoms with E-state index >= 15 is 0 Å². The number of carbonyl (C=O) groups is 1. The third-order valence-corrected chi connectivity index (χ3v) is 4.91. The molecule has 4 rings (SSSR count). The molecule has 2 heterocycles. The van der Waals surface area contributed by atoms with Crippen LogP contribution < -0.4 is 15.1 Å². The van der Waals surface area contributed by atoms with Crippen molar-refractivity contribution in [2.75, 3.05) is 14.2 Å². The molecule has 0 spiro atoms. The molecule has 0 unspecified atom stereocenters. The number of benzene rings is 2. The van der Waals surface area contributed by atoms with Gasteiger partial charge in [-0.25, -0.2) is 9.59 Å². The quantitative estimate of drug-likeness (QED) is 0.549. The molecule has 0 bridgehead atoms. The SMILES string of the molecule is COC(=O)[C@]1(O)C[C@H](c2ccccc2)c2c(c3ccc(OC)cc3oc2=O)O1. The second-order valence-electron chi connectivity index (χ2n) is 6.54. The zero-order valence-electron chi connectivity index (χ0n) is 15.3. The molecular weight excluding hydrogens is 364 g/mol. The number of carbonyl (C=O) groups excluding carboxylic acids is 1. The lowest BCUT2D eigenvalue weighted by Gasteiger charge is -2.36. The average molecular weight is 382 g/mol. The predicted molar refractivity (Wildman–Crippen MR) is 99.5 cm³/mol. The second-order valence-corrected chi connectivity index (χ2v) is 6.54. The van der Waals surface area contributed by atoms with Crippen molar-refractivity contribution in [3.8, 4) is 11.5 Å². The highest BCUT2D eigenvalue weighted by Crippen LogP contribution is 2.45. The molecule has 144 valence electrons. The molecule has 1 N–H and O–H groups in total. The van der Waals surface area contributed by atoms with Gasteiger partial charge in [0.25, 0.3) is 0 Å². The smallest absolute Gasteiger partial charge is 0.379 e. The second kappa shape index (κ2) is 6.69. The molecule has 2 aromatic carbocycles. The Morgan fingerprint density at radius 2 is 1.93 bits per heavy atom. The van der Waals surface area contributed by atoms with Crippen LogP contribution in [0.2, 0.25) is 0 Å². The van der Waals surface area contributed by atoms with Crippen LogP contribution in [0.3, 0.4) is 0 Å². The third kappa shape index (κ3) is 2.80. The third-order valence-electron chi connectivity index (χ3n) is 4.91. The lowest BCUT2D eigenvalue weighted by atomic mass is 9.83. The maximum Gasteiger partial charge on any atom is 0.379 e. The van der Waals surface area contributed by atoms with E-state index in [4.69, 9.17) is 18.6 Å². The van der Waals surface area contributed by atoms with Gasteiger partial charge in [0.2, 0.25) is 0 Å². The lowest BCUT2D eigenvalue weighted by molar-refractivity contribution is -0.202. The standard InChI is InChI=1S/C21H18O7/c1-25-13-8-9-14-16(10-13)27-19(22)17-15(12-6-4-3-5-7-12)11-21(24,20(23)26-2)28-18(14)17/h3-10,15,24H,11H2,1-2H3/t15-,21+/m1/s1. The molecule has 0 saturated heterocycles. The van der Waals surface area contributed by atoms with Crippen LogP contribution in [0, 0.1) is 0 Å². The molecule has 0 fully saturated rings. The highest BCUT2D eigenvalue weighted by Gasteiger charge is 2.49. The van der Waals surface area contributed by atoms with Gasteiger partial charge in [0.05, 0.1) is 25.2 Å². The number of fused-ring (bicyclic) bond motifs is 3. The van der Waals surface area contributed by atoms with Gasteiger partial charge in [-0.3, -0.25) is 0 Å². The Morgan fingerprint density at radius 3 is 2.61 bits per heavy atom. The van der Waals surface area contributed by atoms with E-state index in [1.54, 1.807) is 18.2 Å². The summed E-state index contributed by atoms with van der Waals surface area (Å²) in [5.74, 6) is -3.19. The van der Waals surface area contributed by atoms with E-state index in [0.717, 1.165) is 5.56 Å². The van der Waals surface area contributed by atoms with Crippen LogP contribution >= 0.6 is 0 Å². The molecule has 0 aliphatic carbocycles. The van der Waals surface area contributed by atoms with Gasteiger partial charge in [-0.15, -0.1) is 0 Å². The minimum Gasteiger partial charge on any atom is -0.497 e. The fourth-order valence-electron chi connectivity index (χ4n) is 3.55. The van der Waals surface area contributed by atoms with Crippen molar-refractivity contribution in [1.29, 1.82) is 0 Å². The van der Waals surface area contributed by atoms with Crippen molar-refractivity contribution >= 4 is 16.9 Å². The summed E-state index contributed by atoms with van der Waals surface area (Å²) < 4.78 is 21.1. The van der Waals surface area contributed by atoms with Crippen molar-refractivity contribution in [2.45, 2.75) is 18.1 Å². The first-order chi connectivity index (χ1) is 13.5. The van der Waals surface area contributed by atoms with E-state index in [9.17, 15) is 14.7 Å². The summed E-state index contributed by atoms with van der Waals surface area (Å²) in [6, 6.07) is 14.0. The van der Waals surface area contributed by atoms with Crippen LogP contribution in [0.25, 0.3) is 11.0 Å². The molecule has 2 atom stereocenters. The Labute approximate surface area is 160 Å².